The minimum atomic E-state index is -0.122. The van der Waals surface area contributed by atoms with Crippen molar-refractivity contribution in [1.29, 1.82) is 0 Å². The van der Waals surface area contributed by atoms with E-state index in [1.54, 1.807) is 11.3 Å². The van der Waals surface area contributed by atoms with Crippen molar-refractivity contribution in [3.05, 3.63) is 49.8 Å². The van der Waals surface area contributed by atoms with Crippen LogP contribution in [0.2, 0.25) is 4.34 Å². The van der Waals surface area contributed by atoms with Gasteiger partial charge in [0, 0.05) is 15.9 Å². The first-order valence-corrected chi connectivity index (χ1v) is 9.01. The van der Waals surface area contributed by atoms with Crippen LogP contribution in [-0.2, 0) is 13.0 Å². The minimum Gasteiger partial charge on any atom is -0.326 e. The largest absolute Gasteiger partial charge is 0.326 e. The van der Waals surface area contributed by atoms with Crippen molar-refractivity contribution in [2.75, 3.05) is 0 Å². The molecule has 3 aromatic rings. The highest BCUT2D eigenvalue weighted by molar-refractivity contribution is 9.10. The van der Waals surface area contributed by atoms with E-state index in [0.29, 0.717) is 0 Å². The fourth-order valence-electron chi connectivity index (χ4n) is 2.36. The molecule has 2 heterocycles. The van der Waals surface area contributed by atoms with E-state index in [4.69, 9.17) is 23.2 Å². The van der Waals surface area contributed by atoms with Gasteiger partial charge in [-0.3, -0.25) is 0 Å². The normalized spacial score (nSPS) is 13.0. The summed E-state index contributed by atoms with van der Waals surface area (Å²) in [7, 11) is 0. The third kappa shape index (κ3) is 3.29. The second kappa shape index (κ2) is 6.29. The summed E-state index contributed by atoms with van der Waals surface area (Å²) < 4.78 is 4.07. The molecule has 110 valence electrons. The molecule has 1 aromatic carbocycles. The molecular formula is C15H13BrCl2N2S. The number of nitrogens with zero attached hydrogens (tertiary/aromatic N) is 2. The molecule has 0 radical (unpaired) electrons. The molecule has 21 heavy (non-hydrogen) atoms. The molecule has 3 rings (SSSR count). The van der Waals surface area contributed by atoms with Gasteiger partial charge in [0.05, 0.1) is 20.7 Å². The van der Waals surface area contributed by atoms with Crippen molar-refractivity contribution in [2.45, 2.75) is 25.3 Å². The smallest absolute Gasteiger partial charge is 0.127 e. The Morgan fingerprint density at radius 1 is 1.33 bits per heavy atom. The van der Waals surface area contributed by atoms with E-state index in [0.717, 1.165) is 38.6 Å². The van der Waals surface area contributed by atoms with E-state index in [1.807, 2.05) is 25.1 Å². The Hall–Kier alpha value is -0.550. The van der Waals surface area contributed by atoms with Crippen LogP contribution in [0.1, 0.15) is 23.0 Å². The minimum absolute atomic E-state index is 0.122. The molecule has 1 atom stereocenters. The highest BCUT2D eigenvalue weighted by atomic mass is 79.9. The van der Waals surface area contributed by atoms with Crippen LogP contribution >= 0.6 is 50.5 Å². The van der Waals surface area contributed by atoms with Crippen LogP contribution < -0.4 is 0 Å². The fraction of sp³-hybridized carbons (Fsp3) is 0.267. The number of aryl methyl sites for hydroxylation is 2. The summed E-state index contributed by atoms with van der Waals surface area (Å²) in [5.41, 5.74) is 2.08. The number of rotatable bonds is 4. The highest BCUT2D eigenvalue weighted by Gasteiger charge is 2.15. The number of aromatic nitrogens is 2. The fourth-order valence-corrected chi connectivity index (χ4v) is 3.95. The number of benzene rings is 1. The molecule has 0 bridgehead atoms. The molecule has 0 fully saturated rings. The zero-order valence-electron chi connectivity index (χ0n) is 11.3. The molecule has 6 heteroatoms. The van der Waals surface area contributed by atoms with Gasteiger partial charge in [-0.05, 0) is 43.7 Å². The number of imidazole rings is 1. The lowest BCUT2D eigenvalue weighted by molar-refractivity contribution is 0.672. The quantitative estimate of drug-likeness (QED) is 0.484. The standard InChI is InChI=1S/C15H13BrCl2N2S/c1-9(17)15-19-12-4-2-10(16)8-13(12)20(15)7-6-11-3-5-14(18)21-11/h2-5,8-9H,6-7H2,1H3. The second-order valence-corrected chi connectivity index (χ2v) is 8.20. The van der Waals surface area contributed by atoms with Gasteiger partial charge in [0.25, 0.3) is 0 Å². The number of hydrogen-bond acceptors (Lipinski definition) is 2. The average molecular weight is 404 g/mol. The topological polar surface area (TPSA) is 17.8 Å². The van der Waals surface area contributed by atoms with Crippen LogP contribution in [0.4, 0.5) is 0 Å². The zero-order valence-corrected chi connectivity index (χ0v) is 15.2. The van der Waals surface area contributed by atoms with Gasteiger partial charge in [-0.25, -0.2) is 4.98 Å². The van der Waals surface area contributed by atoms with Crippen LogP contribution in [-0.4, -0.2) is 9.55 Å². The highest BCUT2D eigenvalue weighted by Crippen LogP contribution is 2.28. The molecular weight excluding hydrogens is 391 g/mol. The maximum absolute atomic E-state index is 6.29. The van der Waals surface area contributed by atoms with Crippen molar-refractivity contribution >= 4 is 61.5 Å². The van der Waals surface area contributed by atoms with E-state index in [1.165, 1.54) is 4.88 Å². The number of halogens is 3. The van der Waals surface area contributed by atoms with Crippen LogP contribution in [0, 0.1) is 0 Å². The van der Waals surface area contributed by atoms with Crippen molar-refractivity contribution < 1.29 is 0 Å². The maximum atomic E-state index is 6.29. The van der Waals surface area contributed by atoms with Gasteiger partial charge in [0.2, 0.25) is 0 Å². The Morgan fingerprint density at radius 3 is 2.81 bits per heavy atom. The molecule has 2 aromatic heterocycles. The maximum Gasteiger partial charge on any atom is 0.127 e. The van der Waals surface area contributed by atoms with Crippen LogP contribution in [0.3, 0.4) is 0 Å². The van der Waals surface area contributed by atoms with Crippen molar-refractivity contribution in [1.82, 2.24) is 9.55 Å². The first-order chi connectivity index (χ1) is 10.0. The third-order valence-electron chi connectivity index (χ3n) is 3.31. The summed E-state index contributed by atoms with van der Waals surface area (Å²) in [6.45, 7) is 2.80. The summed E-state index contributed by atoms with van der Waals surface area (Å²) in [6, 6.07) is 10.1. The van der Waals surface area contributed by atoms with E-state index < -0.39 is 0 Å². The third-order valence-corrected chi connectivity index (χ3v) is 5.29. The Balaban J connectivity index is 1.98. The molecule has 0 amide bonds. The van der Waals surface area contributed by atoms with Gasteiger partial charge in [-0.15, -0.1) is 22.9 Å². The summed E-state index contributed by atoms with van der Waals surface area (Å²) in [6.07, 6.45) is 0.923. The monoisotopic (exact) mass is 402 g/mol. The Kier molecular flexibility index (Phi) is 4.60. The predicted molar refractivity (Wildman–Crippen MR) is 94.7 cm³/mol. The summed E-state index contributed by atoms with van der Waals surface area (Å²) in [5, 5.41) is -0.122. The molecule has 0 aliphatic carbocycles. The lowest BCUT2D eigenvalue weighted by Crippen LogP contribution is -2.06. The van der Waals surface area contributed by atoms with E-state index >= 15 is 0 Å². The molecule has 1 unspecified atom stereocenters. The van der Waals surface area contributed by atoms with E-state index in [9.17, 15) is 0 Å². The molecule has 0 saturated heterocycles. The molecule has 0 spiro atoms. The first-order valence-electron chi connectivity index (χ1n) is 6.58. The Bertz CT molecular complexity index is 779. The zero-order chi connectivity index (χ0) is 15.0. The van der Waals surface area contributed by atoms with Crippen LogP contribution in [0.15, 0.2) is 34.8 Å². The summed E-state index contributed by atoms with van der Waals surface area (Å²) in [5.74, 6) is 0.910. The predicted octanol–water partition coefficient (Wildman–Crippen LogP) is 6.06. The van der Waals surface area contributed by atoms with Gasteiger partial charge < -0.3 is 4.57 Å². The number of fused-ring (bicyclic) bond motifs is 1. The van der Waals surface area contributed by atoms with Crippen molar-refractivity contribution in [3.8, 4) is 0 Å². The van der Waals surface area contributed by atoms with E-state index in [2.05, 4.69) is 37.6 Å². The second-order valence-electron chi connectivity index (χ2n) is 4.83. The molecule has 0 N–H and O–H groups in total. The molecule has 0 aliphatic heterocycles. The first kappa shape index (κ1) is 15.3. The number of alkyl halides is 1. The lowest BCUT2D eigenvalue weighted by atomic mass is 10.3. The van der Waals surface area contributed by atoms with Crippen LogP contribution in [0.25, 0.3) is 11.0 Å². The Morgan fingerprint density at radius 2 is 2.14 bits per heavy atom. The van der Waals surface area contributed by atoms with Crippen molar-refractivity contribution in [3.63, 3.8) is 0 Å². The van der Waals surface area contributed by atoms with Gasteiger partial charge in [-0.1, -0.05) is 27.5 Å². The van der Waals surface area contributed by atoms with Crippen LogP contribution in [0.5, 0.6) is 0 Å². The summed E-state index contributed by atoms with van der Waals surface area (Å²) >= 11 is 17.4. The number of thiophene rings is 1. The SMILES string of the molecule is CC(Cl)c1nc2ccc(Br)cc2n1CCc1ccc(Cl)s1. The van der Waals surface area contributed by atoms with Gasteiger partial charge in [0.15, 0.2) is 0 Å². The Labute approximate surface area is 145 Å². The summed E-state index contributed by atoms with van der Waals surface area (Å²) in [4.78, 5) is 5.93. The molecule has 2 nitrogen and oxygen atoms in total. The molecule has 0 saturated carbocycles. The average Bonchev–Trinajstić information content (AvgIpc) is 3.00. The lowest BCUT2D eigenvalue weighted by Gasteiger charge is -2.10. The van der Waals surface area contributed by atoms with Gasteiger partial charge in [0.1, 0.15) is 5.82 Å². The number of hydrogen-bond donors (Lipinski definition) is 0. The van der Waals surface area contributed by atoms with Gasteiger partial charge in [-0.2, -0.15) is 0 Å². The van der Waals surface area contributed by atoms with Crippen molar-refractivity contribution in [2.24, 2.45) is 0 Å². The van der Waals surface area contributed by atoms with E-state index in [-0.39, 0.29) is 5.38 Å². The van der Waals surface area contributed by atoms with Gasteiger partial charge >= 0.3 is 0 Å². The molecule has 0 aliphatic rings.